The molecule has 2 saturated heterocycles. The zero-order chi connectivity index (χ0) is 23.0. The summed E-state index contributed by atoms with van der Waals surface area (Å²) in [4.78, 5) is 36.7. The molecule has 33 heavy (non-hydrogen) atoms. The molecule has 0 saturated carbocycles. The number of carbonyl (C=O) groups excluding carboxylic acids is 2. The summed E-state index contributed by atoms with van der Waals surface area (Å²) in [6.45, 7) is 5.84. The van der Waals surface area contributed by atoms with Crippen molar-refractivity contribution in [1.29, 1.82) is 0 Å². The number of para-hydroxylation sites is 2. The maximum atomic E-state index is 12.8. The molecule has 8 heteroatoms. The summed E-state index contributed by atoms with van der Waals surface area (Å²) < 4.78 is 0. The van der Waals surface area contributed by atoms with Gasteiger partial charge in [-0.3, -0.25) is 4.79 Å². The number of nitrogens with one attached hydrogen (secondary N) is 1. The molecule has 0 bridgehead atoms. The van der Waals surface area contributed by atoms with Crippen LogP contribution in [0.2, 0.25) is 0 Å². The Hall–Kier alpha value is -3.55. The molecule has 0 spiro atoms. The Labute approximate surface area is 194 Å². The molecule has 3 amide bonds. The number of urea groups is 1. The third-order valence-electron chi connectivity index (χ3n) is 6.05. The fraction of sp³-hybridized carbons (Fsp3) is 0.400. The summed E-state index contributed by atoms with van der Waals surface area (Å²) in [6.07, 6.45) is 0.651. The van der Waals surface area contributed by atoms with Crippen molar-refractivity contribution in [3.05, 3.63) is 60.7 Å². The van der Waals surface area contributed by atoms with Gasteiger partial charge in [-0.2, -0.15) is 0 Å². The van der Waals surface area contributed by atoms with Crippen molar-refractivity contribution >= 4 is 29.0 Å². The highest BCUT2D eigenvalue weighted by Gasteiger charge is 2.27. The van der Waals surface area contributed by atoms with Crippen LogP contribution in [0.1, 0.15) is 19.8 Å². The van der Waals surface area contributed by atoms with Gasteiger partial charge in [0.25, 0.3) is 5.91 Å². The summed E-state index contributed by atoms with van der Waals surface area (Å²) in [5.74, 6) is -0.0354. The highest BCUT2D eigenvalue weighted by molar-refractivity contribution is 5.92. The average molecular weight is 450 g/mol. The molecule has 1 atom stereocenters. The topological polar surface area (TPSA) is 77.5 Å². The second-order valence-corrected chi connectivity index (χ2v) is 8.34. The molecule has 2 heterocycles. The van der Waals surface area contributed by atoms with Crippen LogP contribution in [-0.4, -0.2) is 72.8 Å². The number of nitrogens with zero attached hydrogens (tertiary/aromatic N) is 4. The number of hydrogen-bond acceptors (Lipinski definition) is 5. The van der Waals surface area contributed by atoms with E-state index in [0.717, 1.165) is 24.5 Å². The van der Waals surface area contributed by atoms with Crippen molar-refractivity contribution < 1.29 is 14.4 Å². The standard InChI is InChI=1S/C25H31N5O3/c1-20(24(31)29-18-16-28(17-19-29)23-10-6-3-7-11-23)33-27-22-12-14-30(15-13-22)25(32)26-21-8-4-2-5-9-21/h2-11,20H,12-19H2,1H3,(H,26,32)/t20-/m0/s1. The van der Waals surface area contributed by atoms with E-state index in [4.69, 9.17) is 4.84 Å². The largest absolute Gasteiger partial charge is 0.383 e. The number of likely N-dealkylation sites (tertiary alicyclic amines) is 1. The molecular weight excluding hydrogens is 418 g/mol. The first kappa shape index (κ1) is 22.6. The van der Waals surface area contributed by atoms with E-state index in [1.54, 1.807) is 11.8 Å². The first-order valence-corrected chi connectivity index (χ1v) is 11.5. The third-order valence-corrected chi connectivity index (χ3v) is 6.05. The quantitative estimate of drug-likeness (QED) is 0.710. The van der Waals surface area contributed by atoms with Crippen LogP contribution in [0.15, 0.2) is 65.8 Å². The Morgan fingerprint density at radius 2 is 1.45 bits per heavy atom. The van der Waals surface area contributed by atoms with Crippen molar-refractivity contribution in [2.75, 3.05) is 49.5 Å². The van der Waals surface area contributed by atoms with Crippen LogP contribution in [0.4, 0.5) is 16.2 Å². The Morgan fingerprint density at radius 1 is 0.848 bits per heavy atom. The predicted octanol–water partition coefficient (Wildman–Crippen LogP) is 3.42. The molecule has 2 fully saturated rings. The highest BCUT2D eigenvalue weighted by atomic mass is 16.6. The number of benzene rings is 2. The molecule has 4 rings (SSSR count). The van der Waals surface area contributed by atoms with Crippen molar-refractivity contribution in [3.63, 3.8) is 0 Å². The Balaban J connectivity index is 1.19. The Bertz CT molecular complexity index is 949. The maximum Gasteiger partial charge on any atom is 0.321 e. The first-order chi connectivity index (χ1) is 16.1. The third kappa shape index (κ3) is 6.03. The molecule has 2 aliphatic heterocycles. The molecule has 1 N–H and O–H groups in total. The monoisotopic (exact) mass is 449 g/mol. The van der Waals surface area contributed by atoms with Crippen LogP contribution >= 0.6 is 0 Å². The summed E-state index contributed by atoms with van der Waals surface area (Å²) in [5, 5.41) is 7.14. The van der Waals surface area contributed by atoms with Crippen molar-refractivity contribution in [3.8, 4) is 0 Å². The van der Waals surface area contributed by atoms with Gasteiger partial charge < -0.3 is 24.9 Å². The lowest BCUT2D eigenvalue weighted by molar-refractivity contribution is -0.142. The SMILES string of the molecule is C[C@H](ON=C1CCN(C(=O)Nc2ccccc2)CC1)C(=O)N1CCN(c2ccccc2)CC1. The van der Waals surface area contributed by atoms with Crippen molar-refractivity contribution in [2.24, 2.45) is 5.16 Å². The lowest BCUT2D eigenvalue weighted by Gasteiger charge is -2.36. The van der Waals surface area contributed by atoms with Crippen LogP contribution in [0.25, 0.3) is 0 Å². The van der Waals surface area contributed by atoms with E-state index in [1.807, 2.05) is 53.4 Å². The predicted molar refractivity (Wildman–Crippen MR) is 129 cm³/mol. The zero-order valence-corrected chi connectivity index (χ0v) is 19.0. The second kappa shape index (κ2) is 10.8. The number of amides is 3. The Kier molecular flexibility index (Phi) is 7.44. The number of anilines is 2. The van der Waals surface area contributed by atoms with Crippen LogP contribution < -0.4 is 10.2 Å². The fourth-order valence-corrected chi connectivity index (χ4v) is 4.06. The van der Waals surface area contributed by atoms with Gasteiger partial charge in [0, 0.05) is 63.5 Å². The van der Waals surface area contributed by atoms with E-state index in [9.17, 15) is 9.59 Å². The smallest absolute Gasteiger partial charge is 0.321 e. The number of oxime groups is 1. The van der Waals surface area contributed by atoms with Crippen LogP contribution in [0.5, 0.6) is 0 Å². The minimum Gasteiger partial charge on any atom is -0.383 e. The van der Waals surface area contributed by atoms with Gasteiger partial charge in [0.05, 0.1) is 5.71 Å². The molecule has 2 aliphatic rings. The summed E-state index contributed by atoms with van der Waals surface area (Å²) in [5.41, 5.74) is 2.85. The summed E-state index contributed by atoms with van der Waals surface area (Å²) in [6, 6.07) is 19.6. The number of carbonyl (C=O) groups is 2. The normalized spacial score (nSPS) is 17.4. The zero-order valence-electron chi connectivity index (χ0n) is 19.0. The van der Waals surface area contributed by atoms with E-state index in [0.29, 0.717) is 39.0 Å². The van der Waals surface area contributed by atoms with Crippen LogP contribution in [0.3, 0.4) is 0 Å². The van der Waals surface area contributed by atoms with Gasteiger partial charge in [-0.1, -0.05) is 41.6 Å². The Morgan fingerprint density at radius 3 is 2.09 bits per heavy atom. The first-order valence-electron chi connectivity index (χ1n) is 11.5. The fourth-order valence-electron chi connectivity index (χ4n) is 4.06. The molecule has 0 aliphatic carbocycles. The minimum absolute atomic E-state index is 0.0354. The van der Waals surface area contributed by atoms with Crippen molar-refractivity contribution in [1.82, 2.24) is 9.80 Å². The molecule has 2 aromatic rings. The van der Waals surface area contributed by atoms with Gasteiger partial charge in [-0.25, -0.2) is 4.79 Å². The van der Waals surface area contributed by atoms with Crippen LogP contribution in [0, 0.1) is 0 Å². The second-order valence-electron chi connectivity index (χ2n) is 8.34. The lowest BCUT2D eigenvalue weighted by Crippen LogP contribution is -2.51. The summed E-state index contributed by atoms with van der Waals surface area (Å²) >= 11 is 0. The van der Waals surface area contributed by atoms with Gasteiger partial charge in [0.15, 0.2) is 0 Å². The van der Waals surface area contributed by atoms with Crippen LogP contribution in [-0.2, 0) is 9.63 Å². The van der Waals surface area contributed by atoms with E-state index in [1.165, 1.54) is 5.69 Å². The van der Waals surface area contributed by atoms with Crippen molar-refractivity contribution in [2.45, 2.75) is 25.9 Å². The molecule has 174 valence electrons. The number of piperidine rings is 1. The molecule has 0 unspecified atom stereocenters. The average Bonchev–Trinajstić information content (AvgIpc) is 2.88. The van der Waals surface area contributed by atoms with Gasteiger partial charge in [-0.15, -0.1) is 0 Å². The molecule has 8 nitrogen and oxygen atoms in total. The van der Waals surface area contributed by atoms with Gasteiger partial charge >= 0.3 is 6.03 Å². The van der Waals surface area contributed by atoms with Gasteiger partial charge in [0.1, 0.15) is 0 Å². The number of rotatable bonds is 5. The molecular formula is C25H31N5O3. The van der Waals surface area contributed by atoms with E-state index >= 15 is 0 Å². The highest BCUT2D eigenvalue weighted by Crippen LogP contribution is 2.17. The maximum absolute atomic E-state index is 12.8. The van der Waals surface area contributed by atoms with E-state index < -0.39 is 6.10 Å². The number of hydrogen-bond donors (Lipinski definition) is 1. The van der Waals surface area contributed by atoms with E-state index in [-0.39, 0.29) is 11.9 Å². The minimum atomic E-state index is -0.625. The summed E-state index contributed by atoms with van der Waals surface area (Å²) in [7, 11) is 0. The molecule has 2 aromatic carbocycles. The number of piperazine rings is 1. The van der Waals surface area contributed by atoms with E-state index in [2.05, 4.69) is 27.5 Å². The lowest BCUT2D eigenvalue weighted by atomic mass is 10.1. The van der Waals surface area contributed by atoms with Gasteiger partial charge in [-0.05, 0) is 31.2 Å². The van der Waals surface area contributed by atoms with Gasteiger partial charge in [0.2, 0.25) is 6.10 Å². The molecule has 0 radical (unpaired) electrons. The molecule has 0 aromatic heterocycles.